The van der Waals surface area contributed by atoms with Crippen molar-refractivity contribution in [2.45, 2.75) is 56.6 Å². The molecule has 1 aliphatic rings. The zero-order valence-corrected chi connectivity index (χ0v) is 19.6. The van der Waals surface area contributed by atoms with Crippen LogP contribution in [0.1, 0.15) is 44.6 Å². The molecule has 1 amide bonds. The minimum absolute atomic E-state index is 0.180. The summed E-state index contributed by atoms with van der Waals surface area (Å²) >= 11 is 1.95. The summed E-state index contributed by atoms with van der Waals surface area (Å²) in [7, 11) is 0. The third-order valence-corrected chi connectivity index (χ3v) is 7.01. The molecular formula is C26H36N2O2S. The highest BCUT2D eigenvalue weighted by Gasteiger charge is 2.27. The predicted octanol–water partition coefficient (Wildman–Crippen LogP) is 6.07. The van der Waals surface area contributed by atoms with Crippen molar-refractivity contribution < 1.29 is 9.53 Å². The Kier molecular flexibility index (Phi) is 10.3. The van der Waals surface area contributed by atoms with Crippen LogP contribution in [-0.4, -0.2) is 53.9 Å². The van der Waals surface area contributed by atoms with Crippen molar-refractivity contribution in [1.29, 1.82) is 0 Å². The molecule has 0 unspecified atom stereocenters. The zero-order chi connectivity index (χ0) is 21.7. The predicted molar refractivity (Wildman–Crippen MR) is 129 cm³/mol. The van der Waals surface area contributed by atoms with Gasteiger partial charge < -0.3 is 14.5 Å². The Morgan fingerprint density at radius 1 is 1.00 bits per heavy atom. The highest BCUT2D eigenvalue weighted by Crippen LogP contribution is 2.20. The number of ether oxygens (including phenoxy) is 1. The standard InChI is InChI=1S/C26H36N2O2S/c1-2-28(26(29)30-22-23-12-6-3-7-13-23)24-16-19-27(20-17-24)18-10-5-11-21-31-25-14-8-4-9-15-25/h3-4,6-9,12-15,24H,2,5,10-11,16-22H2,1H3. The van der Waals surface area contributed by atoms with E-state index in [0.717, 1.165) is 31.5 Å². The summed E-state index contributed by atoms with van der Waals surface area (Å²) in [5.74, 6) is 1.20. The normalized spacial score (nSPS) is 15.0. The molecule has 0 bridgehead atoms. The number of benzene rings is 2. The summed E-state index contributed by atoms with van der Waals surface area (Å²) in [5.41, 5.74) is 1.03. The van der Waals surface area contributed by atoms with Gasteiger partial charge in [-0.2, -0.15) is 0 Å². The average Bonchev–Trinajstić information content (AvgIpc) is 2.82. The number of hydrogen-bond donors (Lipinski definition) is 0. The summed E-state index contributed by atoms with van der Waals surface area (Å²) in [5, 5.41) is 0. The quantitative estimate of drug-likeness (QED) is 0.313. The molecule has 0 aliphatic carbocycles. The average molecular weight is 441 g/mol. The van der Waals surface area contributed by atoms with Gasteiger partial charge in [-0.15, -0.1) is 11.8 Å². The highest BCUT2D eigenvalue weighted by atomic mass is 32.2. The molecule has 0 spiro atoms. The fourth-order valence-electron chi connectivity index (χ4n) is 4.11. The lowest BCUT2D eigenvalue weighted by atomic mass is 10.0. The van der Waals surface area contributed by atoms with E-state index in [1.54, 1.807) is 0 Å². The van der Waals surface area contributed by atoms with E-state index in [1.807, 2.05) is 53.9 Å². The lowest BCUT2D eigenvalue weighted by Crippen LogP contribution is -2.47. The Bertz CT molecular complexity index is 749. The Hall–Kier alpha value is -1.98. The Morgan fingerprint density at radius 2 is 1.68 bits per heavy atom. The molecule has 0 N–H and O–H groups in total. The fourth-order valence-corrected chi connectivity index (χ4v) is 5.05. The first kappa shape index (κ1) is 23.7. The molecular weight excluding hydrogens is 404 g/mol. The molecule has 1 fully saturated rings. The van der Waals surface area contributed by atoms with Crippen LogP contribution in [0, 0.1) is 0 Å². The minimum atomic E-state index is -0.180. The fraction of sp³-hybridized carbons (Fsp3) is 0.500. The molecule has 3 rings (SSSR count). The number of rotatable bonds is 11. The molecule has 168 valence electrons. The van der Waals surface area contributed by atoms with Gasteiger partial charge in [-0.1, -0.05) is 55.0 Å². The maximum absolute atomic E-state index is 12.6. The van der Waals surface area contributed by atoms with Crippen LogP contribution >= 0.6 is 11.8 Å². The number of piperidine rings is 1. The molecule has 2 aromatic rings. The van der Waals surface area contributed by atoms with Crippen LogP contribution in [0.2, 0.25) is 0 Å². The molecule has 0 radical (unpaired) electrons. The summed E-state index contributed by atoms with van der Waals surface area (Å²) in [6.07, 6.45) is 5.72. The van der Waals surface area contributed by atoms with Crippen molar-refractivity contribution in [3.63, 3.8) is 0 Å². The van der Waals surface area contributed by atoms with Gasteiger partial charge in [0.25, 0.3) is 0 Å². The number of amides is 1. The third kappa shape index (κ3) is 8.23. The molecule has 2 aromatic carbocycles. The maximum Gasteiger partial charge on any atom is 0.410 e. The van der Waals surface area contributed by atoms with E-state index in [0.29, 0.717) is 19.2 Å². The van der Waals surface area contributed by atoms with Gasteiger partial charge in [-0.3, -0.25) is 0 Å². The second kappa shape index (κ2) is 13.4. The van der Waals surface area contributed by atoms with Crippen LogP contribution < -0.4 is 0 Å². The van der Waals surface area contributed by atoms with Crippen molar-refractivity contribution in [1.82, 2.24) is 9.80 Å². The molecule has 31 heavy (non-hydrogen) atoms. The van der Waals surface area contributed by atoms with Crippen molar-refractivity contribution in [2.24, 2.45) is 0 Å². The first-order valence-electron chi connectivity index (χ1n) is 11.6. The molecule has 5 heteroatoms. The van der Waals surface area contributed by atoms with E-state index < -0.39 is 0 Å². The number of unbranched alkanes of at least 4 members (excludes halogenated alkanes) is 2. The summed E-state index contributed by atoms with van der Waals surface area (Å²) < 4.78 is 5.57. The van der Waals surface area contributed by atoms with Gasteiger partial charge >= 0.3 is 6.09 Å². The minimum Gasteiger partial charge on any atom is -0.445 e. The molecule has 1 saturated heterocycles. The zero-order valence-electron chi connectivity index (χ0n) is 18.7. The maximum atomic E-state index is 12.6. The van der Waals surface area contributed by atoms with Crippen LogP contribution in [0.5, 0.6) is 0 Å². The van der Waals surface area contributed by atoms with Crippen LogP contribution in [0.15, 0.2) is 65.6 Å². The molecule has 0 atom stereocenters. The van der Waals surface area contributed by atoms with E-state index in [1.165, 1.54) is 36.5 Å². The number of carbonyl (C=O) groups excluding carboxylic acids is 1. The first-order valence-corrected chi connectivity index (χ1v) is 12.6. The van der Waals surface area contributed by atoms with Gasteiger partial charge in [-0.25, -0.2) is 4.79 Å². The van der Waals surface area contributed by atoms with E-state index in [-0.39, 0.29) is 6.09 Å². The second-order valence-electron chi connectivity index (χ2n) is 8.12. The first-order chi connectivity index (χ1) is 15.3. The van der Waals surface area contributed by atoms with Gasteiger partial charge in [-0.05, 0) is 62.6 Å². The van der Waals surface area contributed by atoms with Crippen molar-refractivity contribution in [3.05, 3.63) is 66.2 Å². The highest BCUT2D eigenvalue weighted by molar-refractivity contribution is 7.99. The topological polar surface area (TPSA) is 32.8 Å². The van der Waals surface area contributed by atoms with E-state index in [4.69, 9.17) is 4.74 Å². The molecule has 4 nitrogen and oxygen atoms in total. The van der Waals surface area contributed by atoms with Crippen molar-refractivity contribution in [2.75, 3.05) is 31.9 Å². The summed E-state index contributed by atoms with van der Waals surface area (Å²) in [4.78, 5) is 18.4. The summed E-state index contributed by atoms with van der Waals surface area (Å²) in [6.45, 7) is 6.42. The smallest absolute Gasteiger partial charge is 0.410 e. The number of nitrogens with zero attached hydrogens (tertiary/aromatic N) is 2. The van der Waals surface area contributed by atoms with E-state index in [2.05, 4.69) is 35.2 Å². The van der Waals surface area contributed by atoms with Crippen molar-refractivity contribution in [3.8, 4) is 0 Å². The Morgan fingerprint density at radius 3 is 2.35 bits per heavy atom. The number of likely N-dealkylation sites (tertiary alicyclic amines) is 1. The number of carbonyl (C=O) groups is 1. The Labute approximate surface area is 192 Å². The summed E-state index contributed by atoms with van der Waals surface area (Å²) in [6, 6.07) is 20.8. The third-order valence-electron chi connectivity index (χ3n) is 5.91. The van der Waals surface area contributed by atoms with Crippen LogP contribution in [0.25, 0.3) is 0 Å². The largest absolute Gasteiger partial charge is 0.445 e. The van der Waals surface area contributed by atoms with Crippen LogP contribution in [0.4, 0.5) is 4.79 Å². The second-order valence-corrected chi connectivity index (χ2v) is 9.29. The number of thioether (sulfide) groups is 1. The lowest BCUT2D eigenvalue weighted by molar-refractivity contribution is 0.0629. The van der Waals surface area contributed by atoms with Gasteiger partial charge in [0.1, 0.15) is 6.61 Å². The van der Waals surface area contributed by atoms with Crippen LogP contribution in [-0.2, 0) is 11.3 Å². The van der Waals surface area contributed by atoms with Crippen molar-refractivity contribution >= 4 is 17.9 Å². The molecule has 0 saturated carbocycles. The van der Waals surface area contributed by atoms with Gasteiger partial charge in [0, 0.05) is 30.6 Å². The molecule has 1 aliphatic heterocycles. The molecule has 0 aromatic heterocycles. The molecule has 1 heterocycles. The van der Waals surface area contributed by atoms with Gasteiger partial charge in [0.05, 0.1) is 0 Å². The van der Waals surface area contributed by atoms with E-state index >= 15 is 0 Å². The Balaban J connectivity index is 1.28. The van der Waals surface area contributed by atoms with Crippen LogP contribution in [0.3, 0.4) is 0 Å². The van der Waals surface area contributed by atoms with Gasteiger partial charge in [0.2, 0.25) is 0 Å². The van der Waals surface area contributed by atoms with Gasteiger partial charge in [0.15, 0.2) is 0 Å². The number of hydrogen-bond acceptors (Lipinski definition) is 4. The van der Waals surface area contributed by atoms with E-state index in [9.17, 15) is 4.79 Å². The monoisotopic (exact) mass is 440 g/mol. The lowest BCUT2D eigenvalue weighted by Gasteiger charge is -2.37. The SMILES string of the molecule is CCN(C(=O)OCc1ccccc1)C1CCN(CCCCCSc2ccccc2)CC1.